The summed E-state index contributed by atoms with van der Waals surface area (Å²) in [6.07, 6.45) is -1.66. The molecule has 3 unspecified atom stereocenters. The van der Waals surface area contributed by atoms with Crippen molar-refractivity contribution in [1.82, 2.24) is 10.2 Å². The normalized spacial score (nSPS) is 23.8. The van der Waals surface area contributed by atoms with Crippen molar-refractivity contribution >= 4 is 18.0 Å². The van der Waals surface area contributed by atoms with E-state index in [1.165, 1.54) is 4.90 Å². The third kappa shape index (κ3) is 4.24. The maximum atomic E-state index is 13.0. The number of carbonyl (C=O) groups is 3. The van der Waals surface area contributed by atoms with Crippen LogP contribution in [-0.2, 0) is 23.8 Å². The Labute approximate surface area is 196 Å². The highest BCUT2D eigenvalue weighted by molar-refractivity contribution is 5.83. The van der Waals surface area contributed by atoms with Crippen molar-refractivity contribution in [3.8, 4) is 11.1 Å². The number of carboxylic acid groups (broad SMARTS) is 1. The van der Waals surface area contributed by atoms with Gasteiger partial charge in [-0.15, -0.1) is 0 Å². The van der Waals surface area contributed by atoms with Crippen molar-refractivity contribution in [3.63, 3.8) is 0 Å². The smallest absolute Gasteiger partial charge is 0.407 e. The van der Waals surface area contributed by atoms with Gasteiger partial charge in [0.15, 0.2) is 6.10 Å². The van der Waals surface area contributed by atoms with Crippen LogP contribution in [0, 0.1) is 5.92 Å². The number of benzene rings is 2. The Balaban J connectivity index is 1.20. The quantitative estimate of drug-likeness (QED) is 0.691. The Hall–Kier alpha value is -3.43. The van der Waals surface area contributed by atoms with Crippen LogP contribution in [0.5, 0.6) is 0 Å². The Morgan fingerprint density at radius 1 is 1.03 bits per heavy atom. The summed E-state index contributed by atoms with van der Waals surface area (Å²) in [5.41, 5.74) is 4.53. The van der Waals surface area contributed by atoms with Crippen LogP contribution in [0.4, 0.5) is 4.79 Å². The van der Waals surface area contributed by atoms with Gasteiger partial charge in [-0.05, 0) is 22.3 Å². The SMILES string of the molecule is O=C(NC1COCC1C(=O)N1CCOC(C(=O)O)C1)OCC1c2ccccc2-c2ccccc21. The van der Waals surface area contributed by atoms with E-state index in [-0.39, 0.29) is 44.8 Å². The number of hydrogen-bond donors (Lipinski definition) is 2. The molecule has 2 amide bonds. The van der Waals surface area contributed by atoms with Gasteiger partial charge >= 0.3 is 12.1 Å². The van der Waals surface area contributed by atoms with Crippen molar-refractivity contribution in [2.45, 2.75) is 18.1 Å². The van der Waals surface area contributed by atoms with Gasteiger partial charge in [0.25, 0.3) is 0 Å². The molecular formula is C25H26N2O7. The Kier molecular flexibility index (Phi) is 6.21. The fraction of sp³-hybridized carbons (Fsp3) is 0.400. The number of fused-ring (bicyclic) bond motifs is 3. The zero-order valence-corrected chi connectivity index (χ0v) is 18.5. The average molecular weight is 466 g/mol. The van der Waals surface area contributed by atoms with Gasteiger partial charge in [-0.2, -0.15) is 0 Å². The lowest BCUT2D eigenvalue weighted by atomic mass is 9.98. The van der Waals surface area contributed by atoms with Gasteiger partial charge in [-0.3, -0.25) is 4.79 Å². The second-order valence-electron chi connectivity index (χ2n) is 8.70. The molecule has 3 atom stereocenters. The minimum Gasteiger partial charge on any atom is -0.479 e. The number of carbonyl (C=O) groups excluding carboxylic acids is 2. The van der Waals surface area contributed by atoms with Crippen LogP contribution in [0.1, 0.15) is 17.0 Å². The minimum absolute atomic E-state index is 0.0255. The van der Waals surface area contributed by atoms with Crippen molar-refractivity contribution in [2.24, 2.45) is 5.92 Å². The molecule has 2 saturated heterocycles. The molecule has 2 aromatic carbocycles. The maximum Gasteiger partial charge on any atom is 0.407 e. The molecule has 0 aromatic heterocycles. The van der Waals surface area contributed by atoms with Gasteiger partial charge in [0.1, 0.15) is 6.61 Å². The number of morpholine rings is 1. The number of aliphatic carboxylic acids is 1. The lowest BCUT2D eigenvalue weighted by Crippen LogP contribution is -2.53. The first-order valence-electron chi connectivity index (χ1n) is 11.4. The summed E-state index contributed by atoms with van der Waals surface area (Å²) in [5, 5.41) is 12.0. The molecule has 2 N–H and O–H groups in total. The van der Waals surface area contributed by atoms with Crippen LogP contribution >= 0.6 is 0 Å². The first-order valence-corrected chi connectivity index (χ1v) is 11.4. The van der Waals surface area contributed by atoms with E-state index in [4.69, 9.17) is 14.2 Å². The molecule has 5 rings (SSSR count). The summed E-state index contributed by atoms with van der Waals surface area (Å²) in [5.74, 6) is -2.02. The summed E-state index contributed by atoms with van der Waals surface area (Å²) < 4.78 is 16.2. The number of amides is 2. The first-order chi connectivity index (χ1) is 16.5. The fourth-order valence-corrected chi connectivity index (χ4v) is 4.96. The van der Waals surface area contributed by atoms with Crippen molar-refractivity contribution in [2.75, 3.05) is 39.5 Å². The predicted octanol–water partition coefficient (Wildman–Crippen LogP) is 1.85. The van der Waals surface area contributed by atoms with E-state index < -0.39 is 30.1 Å². The summed E-state index contributed by atoms with van der Waals surface area (Å²) in [6, 6.07) is 15.6. The fourth-order valence-electron chi connectivity index (χ4n) is 4.96. The molecule has 34 heavy (non-hydrogen) atoms. The standard InChI is InChI=1S/C25H26N2O7/c28-23(27-9-10-33-22(11-27)24(29)30)20-12-32-14-21(20)26-25(31)34-13-19-17-7-3-1-5-15(17)16-6-2-4-8-18(16)19/h1-8,19-22H,9-14H2,(H,26,31)(H,29,30). The number of hydrogen-bond acceptors (Lipinski definition) is 6. The molecule has 9 nitrogen and oxygen atoms in total. The molecular weight excluding hydrogens is 440 g/mol. The molecule has 2 heterocycles. The molecule has 0 bridgehead atoms. The molecule has 9 heteroatoms. The van der Waals surface area contributed by atoms with Crippen molar-refractivity contribution in [1.29, 1.82) is 0 Å². The van der Waals surface area contributed by atoms with Crippen LogP contribution in [0.15, 0.2) is 48.5 Å². The van der Waals surface area contributed by atoms with Gasteiger partial charge in [0.05, 0.1) is 38.3 Å². The molecule has 2 aromatic rings. The third-order valence-corrected chi connectivity index (χ3v) is 6.70. The molecule has 2 fully saturated rings. The highest BCUT2D eigenvalue weighted by atomic mass is 16.6. The lowest BCUT2D eigenvalue weighted by Gasteiger charge is -2.33. The van der Waals surface area contributed by atoms with Gasteiger partial charge < -0.3 is 29.5 Å². The molecule has 178 valence electrons. The van der Waals surface area contributed by atoms with Crippen molar-refractivity contribution < 1.29 is 33.7 Å². The molecule has 2 aliphatic heterocycles. The highest BCUT2D eigenvalue weighted by Gasteiger charge is 2.40. The number of carboxylic acids is 1. The van der Waals surface area contributed by atoms with E-state index in [9.17, 15) is 19.5 Å². The number of ether oxygens (including phenoxy) is 3. The van der Waals surface area contributed by atoms with Crippen LogP contribution in [-0.4, -0.2) is 79.6 Å². The second-order valence-corrected chi connectivity index (χ2v) is 8.70. The minimum atomic E-state index is -1.10. The zero-order valence-electron chi connectivity index (χ0n) is 18.5. The van der Waals surface area contributed by atoms with Gasteiger partial charge in [-0.25, -0.2) is 9.59 Å². The summed E-state index contributed by atoms with van der Waals surface area (Å²) >= 11 is 0. The topological polar surface area (TPSA) is 114 Å². The van der Waals surface area contributed by atoms with E-state index in [2.05, 4.69) is 17.4 Å². The third-order valence-electron chi connectivity index (χ3n) is 6.70. The predicted molar refractivity (Wildman–Crippen MR) is 120 cm³/mol. The molecule has 3 aliphatic rings. The van der Waals surface area contributed by atoms with Crippen LogP contribution in [0.25, 0.3) is 11.1 Å². The van der Waals surface area contributed by atoms with E-state index in [1.54, 1.807) is 0 Å². The Bertz CT molecular complexity index is 1060. The number of nitrogens with one attached hydrogen (secondary N) is 1. The van der Waals surface area contributed by atoms with Crippen LogP contribution < -0.4 is 5.32 Å². The molecule has 1 aliphatic carbocycles. The highest BCUT2D eigenvalue weighted by Crippen LogP contribution is 2.44. The van der Waals surface area contributed by atoms with E-state index in [0.29, 0.717) is 6.54 Å². The van der Waals surface area contributed by atoms with E-state index in [0.717, 1.165) is 22.3 Å². The second kappa shape index (κ2) is 9.44. The monoisotopic (exact) mass is 466 g/mol. The summed E-state index contributed by atoms with van der Waals surface area (Å²) in [4.78, 5) is 38.4. The van der Waals surface area contributed by atoms with E-state index in [1.807, 2.05) is 36.4 Å². The van der Waals surface area contributed by atoms with Gasteiger partial charge in [0.2, 0.25) is 5.91 Å². The molecule has 0 saturated carbocycles. The molecule has 0 radical (unpaired) electrons. The van der Waals surface area contributed by atoms with Crippen LogP contribution in [0.3, 0.4) is 0 Å². The lowest BCUT2D eigenvalue weighted by molar-refractivity contribution is -0.160. The maximum absolute atomic E-state index is 13.0. The summed E-state index contributed by atoms with van der Waals surface area (Å²) in [7, 11) is 0. The van der Waals surface area contributed by atoms with Crippen LogP contribution in [0.2, 0.25) is 0 Å². The van der Waals surface area contributed by atoms with E-state index >= 15 is 0 Å². The first kappa shape index (κ1) is 22.4. The molecule has 0 spiro atoms. The number of rotatable bonds is 5. The Morgan fingerprint density at radius 2 is 1.71 bits per heavy atom. The number of alkyl carbamates (subject to hydrolysis) is 1. The van der Waals surface area contributed by atoms with Crippen molar-refractivity contribution in [3.05, 3.63) is 59.7 Å². The number of nitrogens with zero attached hydrogens (tertiary/aromatic N) is 1. The Morgan fingerprint density at radius 3 is 2.38 bits per heavy atom. The largest absolute Gasteiger partial charge is 0.479 e. The average Bonchev–Trinajstić information content (AvgIpc) is 3.44. The van der Waals surface area contributed by atoms with Gasteiger partial charge in [0, 0.05) is 12.5 Å². The zero-order chi connectivity index (χ0) is 23.7. The summed E-state index contributed by atoms with van der Waals surface area (Å²) in [6.45, 7) is 0.950. The van der Waals surface area contributed by atoms with Gasteiger partial charge in [-0.1, -0.05) is 48.5 Å².